The molecule has 2 aliphatic heterocycles. The highest BCUT2D eigenvalue weighted by atomic mass is 79.9. The fourth-order valence-corrected chi connectivity index (χ4v) is 5.44. The number of H-pyrrole nitrogens is 1. The Hall–Kier alpha value is -2.10. The van der Waals surface area contributed by atoms with Crippen LogP contribution in [-0.2, 0) is 0 Å². The number of halogens is 2. The van der Waals surface area contributed by atoms with Gasteiger partial charge in [-0.1, -0.05) is 18.0 Å². The average molecular weight is 535 g/mol. The van der Waals surface area contributed by atoms with E-state index in [1.54, 1.807) is 6.33 Å². The summed E-state index contributed by atoms with van der Waals surface area (Å²) in [6.45, 7) is 9.59. The molecule has 2 aliphatic rings. The molecule has 0 amide bonds. The number of nitrogens with one attached hydrogen (secondary N) is 1. The van der Waals surface area contributed by atoms with Gasteiger partial charge < -0.3 is 14.5 Å². The van der Waals surface area contributed by atoms with Crippen molar-refractivity contribution in [1.82, 2.24) is 25.1 Å². The summed E-state index contributed by atoms with van der Waals surface area (Å²) in [6.07, 6.45) is 5.52. The van der Waals surface area contributed by atoms with E-state index in [1.807, 2.05) is 6.07 Å². The Morgan fingerprint density at radius 2 is 1.79 bits per heavy atom. The molecule has 0 atom stereocenters. The number of fused-ring (bicyclic) bond motifs is 1. The van der Waals surface area contributed by atoms with Gasteiger partial charge in [0, 0.05) is 49.0 Å². The molecule has 33 heavy (non-hydrogen) atoms. The SMILES string of the molecule is Cc1c(OCCN2CCCCC2)cc(Cl)cc1N1CCN(c2ncnc3n[nH]c(Br)c23)CC1. The zero-order chi connectivity index (χ0) is 22.8. The van der Waals surface area contributed by atoms with Gasteiger partial charge in [-0.25, -0.2) is 9.97 Å². The zero-order valence-corrected chi connectivity index (χ0v) is 21.2. The van der Waals surface area contributed by atoms with Gasteiger partial charge in [-0.15, -0.1) is 0 Å². The van der Waals surface area contributed by atoms with Gasteiger partial charge in [-0.2, -0.15) is 5.10 Å². The molecule has 2 fully saturated rings. The Morgan fingerprint density at radius 1 is 1.03 bits per heavy atom. The molecule has 1 N–H and O–H groups in total. The molecular formula is C23H29BrClN7O. The molecule has 0 radical (unpaired) electrons. The molecule has 1 aromatic carbocycles. The van der Waals surface area contributed by atoms with Crippen LogP contribution in [-0.4, -0.2) is 77.5 Å². The Labute approximate surface area is 207 Å². The normalized spacial score (nSPS) is 17.7. The van der Waals surface area contributed by atoms with Gasteiger partial charge in [0.05, 0.1) is 5.39 Å². The van der Waals surface area contributed by atoms with Gasteiger partial charge >= 0.3 is 0 Å². The minimum absolute atomic E-state index is 0.673. The van der Waals surface area contributed by atoms with Crippen molar-refractivity contribution < 1.29 is 4.74 Å². The summed E-state index contributed by atoms with van der Waals surface area (Å²) in [5.41, 5.74) is 2.97. The molecule has 176 valence electrons. The van der Waals surface area contributed by atoms with Crippen molar-refractivity contribution in [3.05, 3.63) is 33.6 Å². The second-order valence-electron chi connectivity index (χ2n) is 8.71. The number of rotatable bonds is 6. The Bertz CT molecular complexity index is 1110. The summed E-state index contributed by atoms with van der Waals surface area (Å²) in [6, 6.07) is 4.00. The number of piperazine rings is 1. The first-order valence-corrected chi connectivity index (χ1v) is 12.8. The molecular weight excluding hydrogens is 506 g/mol. The Balaban J connectivity index is 1.26. The highest BCUT2D eigenvalue weighted by Crippen LogP contribution is 2.35. The van der Waals surface area contributed by atoms with E-state index < -0.39 is 0 Å². The molecule has 3 aromatic rings. The first-order chi connectivity index (χ1) is 16.1. The Morgan fingerprint density at radius 3 is 2.58 bits per heavy atom. The minimum atomic E-state index is 0.673. The fourth-order valence-electron chi connectivity index (χ4n) is 4.79. The topological polar surface area (TPSA) is 73.4 Å². The lowest BCUT2D eigenvalue weighted by Crippen LogP contribution is -2.47. The zero-order valence-electron chi connectivity index (χ0n) is 18.9. The van der Waals surface area contributed by atoms with Gasteiger partial charge in [0.1, 0.15) is 29.1 Å². The van der Waals surface area contributed by atoms with E-state index in [4.69, 9.17) is 16.3 Å². The molecule has 0 spiro atoms. The van der Waals surface area contributed by atoms with Crippen LogP contribution in [0, 0.1) is 6.92 Å². The lowest BCUT2D eigenvalue weighted by Gasteiger charge is -2.37. The van der Waals surface area contributed by atoms with E-state index in [1.165, 1.54) is 32.4 Å². The fraction of sp³-hybridized carbons (Fsp3) is 0.522. The average Bonchev–Trinajstić information content (AvgIpc) is 3.23. The van der Waals surface area contributed by atoms with Crippen molar-refractivity contribution in [2.75, 3.05) is 62.2 Å². The minimum Gasteiger partial charge on any atom is -0.492 e. The first-order valence-electron chi connectivity index (χ1n) is 11.6. The summed E-state index contributed by atoms with van der Waals surface area (Å²) in [5, 5.41) is 8.81. The molecule has 4 heterocycles. The summed E-state index contributed by atoms with van der Waals surface area (Å²) in [5.74, 6) is 1.79. The second-order valence-corrected chi connectivity index (χ2v) is 9.94. The second kappa shape index (κ2) is 10.0. The number of likely N-dealkylation sites (tertiary alicyclic amines) is 1. The van der Waals surface area contributed by atoms with Gasteiger partial charge in [-0.3, -0.25) is 10.00 Å². The van der Waals surface area contributed by atoms with Crippen LogP contribution in [0.5, 0.6) is 5.75 Å². The maximum absolute atomic E-state index is 6.50. The molecule has 10 heteroatoms. The van der Waals surface area contributed by atoms with Crippen molar-refractivity contribution in [3.63, 3.8) is 0 Å². The molecule has 8 nitrogen and oxygen atoms in total. The van der Waals surface area contributed by atoms with Crippen LogP contribution in [0.1, 0.15) is 24.8 Å². The van der Waals surface area contributed by atoms with Crippen LogP contribution >= 0.6 is 27.5 Å². The molecule has 0 saturated carbocycles. The molecule has 0 bridgehead atoms. The monoisotopic (exact) mass is 533 g/mol. The third kappa shape index (κ3) is 4.90. The summed E-state index contributed by atoms with van der Waals surface area (Å²) in [4.78, 5) is 16.0. The smallest absolute Gasteiger partial charge is 0.187 e. The van der Waals surface area contributed by atoms with Crippen LogP contribution in [0.2, 0.25) is 5.02 Å². The van der Waals surface area contributed by atoms with Gasteiger partial charge in [0.15, 0.2) is 5.65 Å². The third-order valence-corrected chi connectivity index (χ3v) is 7.41. The van der Waals surface area contributed by atoms with Gasteiger partial charge in [0.2, 0.25) is 0 Å². The van der Waals surface area contributed by atoms with Crippen molar-refractivity contribution in [1.29, 1.82) is 0 Å². The van der Waals surface area contributed by atoms with Crippen molar-refractivity contribution in [2.24, 2.45) is 0 Å². The standard InChI is InChI=1S/C23H29BrClN7O/c1-16-18(13-17(25)14-19(16)33-12-11-30-5-3-2-4-6-30)31-7-9-32(10-8-31)23-20-21(24)28-29-22(20)26-15-27-23/h13-15H,2-12H2,1H3,(H,26,27,28,29). The van der Waals surface area contributed by atoms with Crippen LogP contribution in [0.3, 0.4) is 0 Å². The Kier molecular flexibility index (Phi) is 6.89. The van der Waals surface area contributed by atoms with E-state index >= 15 is 0 Å². The highest BCUT2D eigenvalue weighted by Gasteiger charge is 2.24. The number of aromatic nitrogens is 4. The molecule has 2 saturated heterocycles. The van der Waals surface area contributed by atoms with E-state index in [-0.39, 0.29) is 0 Å². The lowest BCUT2D eigenvalue weighted by molar-refractivity contribution is 0.183. The van der Waals surface area contributed by atoms with Crippen LogP contribution in [0.15, 0.2) is 23.1 Å². The molecule has 0 unspecified atom stereocenters. The number of aromatic amines is 1. The maximum Gasteiger partial charge on any atom is 0.187 e. The summed E-state index contributed by atoms with van der Waals surface area (Å²) in [7, 11) is 0. The van der Waals surface area contributed by atoms with Crippen LogP contribution in [0.25, 0.3) is 11.0 Å². The summed E-state index contributed by atoms with van der Waals surface area (Å²) < 4.78 is 7.01. The summed E-state index contributed by atoms with van der Waals surface area (Å²) >= 11 is 10.0. The number of hydrogen-bond acceptors (Lipinski definition) is 7. The number of nitrogens with zero attached hydrogens (tertiary/aromatic N) is 6. The van der Waals surface area contributed by atoms with Crippen LogP contribution < -0.4 is 14.5 Å². The van der Waals surface area contributed by atoms with Gasteiger partial charge in [-0.05, 0) is 60.9 Å². The van der Waals surface area contributed by atoms with Crippen molar-refractivity contribution in [3.8, 4) is 5.75 Å². The largest absolute Gasteiger partial charge is 0.492 e. The quantitative estimate of drug-likeness (QED) is 0.506. The number of hydrogen-bond donors (Lipinski definition) is 1. The predicted molar refractivity (Wildman–Crippen MR) is 136 cm³/mol. The maximum atomic E-state index is 6.50. The van der Waals surface area contributed by atoms with Gasteiger partial charge in [0.25, 0.3) is 0 Å². The predicted octanol–water partition coefficient (Wildman–Crippen LogP) is 4.27. The highest BCUT2D eigenvalue weighted by molar-refractivity contribution is 9.10. The first kappa shape index (κ1) is 22.7. The number of piperidine rings is 1. The van der Waals surface area contributed by atoms with Crippen LogP contribution in [0.4, 0.5) is 11.5 Å². The lowest BCUT2D eigenvalue weighted by atomic mass is 10.1. The van der Waals surface area contributed by atoms with Crippen molar-refractivity contribution >= 4 is 50.1 Å². The number of anilines is 2. The van der Waals surface area contributed by atoms with Crippen molar-refractivity contribution in [2.45, 2.75) is 26.2 Å². The van der Waals surface area contributed by atoms with E-state index in [9.17, 15) is 0 Å². The van der Waals surface area contributed by atoms with E-state index in [0.717, 1.165) is 65.5 Å². The van der Waals surface area contributed by atoms with E-state index in [2.05, 4.69) is 63.8 Å². The number of ether oxygens (including phenoxy) is 1. The molecule has 2 aromatic heterocycles. The molecule has 0 aliphatic carbocycles. The third-order valence-electron chi connectivity index (χ3n) is 6.62. The molecule has 5 rings (SSSR count). The number of benzene rings is 1. The van der Waals surface area contributed by atoms with E-state index in [0.29, 0.717) is 17.3 Å².